The maximum Gasteiger partial charge on any atom is 0.242 e. The number of hydrogen-bond acceptors (Lipinski definition) is 4. The molecule has 1 rings (SSSR count). The number of aliphatic hydroxyl groups is 1. The van der Waals surface area contributed by atoms with Crippen molar-refractivity contribution in [2.75, 3.05) is 20.1 Å². The highest BCUT2D eigenvalue weighted by Gasteiger charge is 2.41. The van der Waals surface area contributed by atoms with E-state index in [4.69, 9.17) is 0 Å². The van der Waals surface area contributed by atoms with Gasteiger partial charge in [0.2, 0.25) is 11.8 Å². The monoisotopic (exact) mass is 271 g/mol. The number of nitrogens with one attached hydrogen (secondary N) is 2. The van der Waals surface area contributed by atoms with Gasteiger partial charge < -0.3 is 20.6 Å². The quantitative estimate of drug-likeness (QED) is 0.619. The lowest BCUT2D eigenvalue weighted by Crippen LogP contribution is -2.53. The molecule has 0 radical (unpaired) electrons. The highest BCUT2D eigenvalue weighted by molar-refractivity contribution is 5.90. The summed E-state index contributed by atoms with van der Waals surface area (Å²) in [4.78, 5) is 25.9. The molecule has 3 N–H and O–H groups in total. The number of carbonyl (C=O) groups excluding carboxylic acids is 2. The summed E-state index contributed by atoms with van der Waals surface area (Å²) in [7, 11) is 1.73. The van der Waals surface area contributed by atoms with E-state index in [1.165, 1.54) is 4.90 Å². The van der Waals surface area contributed by atoms with Crippen molar-refractivity contribution in [3.63, 3.8) is 0 Å². The molecule has 1 fully saturated rings. The molecule has 1 heterocycles. The van der Waals surface area contributed by atoms with Crippen LogP contribution in [-0.2, 0) is 9.59 Å². The topological polar surface area (TPSA) is 81.7 Å². The number of rotatable bonds is 5. The fourth-order valence-electron chi connectivity index (χ4n) is 2.52. The summed E-state index contributed by atoms with van der Waals surface area (Å²) in [6.07, 6.45) is -0.312. The third kappa shape index (κ3) is 3.67. The van der Waals surface area contributed by atoms with Gasteiger partial charge in [-0.05, 0) is 19.9 Å². The van der Waals surface area contributed by atoms with E-state index < -0.39 is 12.1 Å². The van der Waals surface area contributed by atoms with Crippen LogP contribution < -0.4 is 10.6 Å². The molecule has 0 aromatic heterocycles. The molecule has 0 aromatic carbocycles. The maximum atomic E-state index is 12.5. The molecule has 1 aliphatic heterocycles. The first kappa shape index (κ1) is 15.9. The van der Waals surface area contributed by atoms with E-state index >= 15 is 0 Å². The van der Waals surface area contributed by atoms with E-state index in [-0.39, 0.29) is 30.3 Å². The molecule has 1 saturated heterocycles. The van der Waals surface area contributed by atoms with Gasteiger partial charge in [-0.3, -0.25) is 9.59 Å². The third-order valence-electron chi connectivity index (χ3n) is 3.46. The van der Waals surface area contributed by atoms with Crippen LogP contribution in [0, 0.1) is 5.92 Å². The Bertz CT molecular complexity index is 333. The number of β-amino-alcohol motifs (C(OH)–C–C–N with tert-alkyl or cyclic N) is 1. The molecule has 0 aromatic rings. The molecule has 2 amide bonds. The molecule has 0 saturated carbocycles. The number of carbonyl (C=O) groups is 2. The molecule has 6 nitrogen and oxygen atoms in total. The predicted molar refractivity (Wildman–Crippen MR) is 72.5 cm³/mol. The number of nitrogens with zero attached hydrogens (tertiary/aromatic N) is 1. The average Bonchev–Trinajstić information content (AvgIpc) is 2.72. The lowest BCUT2D eigenvalue weighted by molar-refractivity contribution is -0.140. The van der Waals surface area contributed by atoms with Gasteiger partial charge in [0.15, 0.2) is 0 Å². The van der Waals surface area contributed by atoms with Crippen molar-refractivity contribution < 1.29 is 14.7 Å². The van der Waals surface area contributed by atoms with Crippen LogP contribution >= 0.6 is 0 Å². The Morgan fingerprint density at radius 1 is 1.42 bits per heavy atom. The predicted octanol–water partition coefficient (Wildman–Crippen LogP) is -0.672. The van der Waals surface area contributed by atoms with E-state index in [1.54, 1.807) is 7.05 Å². The van der Waals surface area contributed by atoms with E-state index in [0.717, 1.165) is 0 Å². The molecule has 0 spiro atoms. The second-order valence-corrected chi connectivity index (χ2v) is 5.30. The summed E-state index contributed by atoms with van der Waals surface area (Å²) in [5.74, 6) is -0.179. The molecule has 3 atom stereocenters. The fourth-order valence-corrected chi connectivity index (χ4v) is 2.52. The first-order chi connectivity index (χ1) is 8.92. The van der Waals surface area contributed by atoms with E-state index in [9.17, 15) is 14.7 Å². The SMILES string of the molecule is CCNC(=O)[C@@H]1C[C@@H](O)CN1C(=O)[C@@H](NC)C(C)C. The van der Waals surface area contributed by atoms with Crippen molar-refractivity contribution in [2.24, 2.45) is 5.92 Å². The molecule has 0 bridgehead atoms. The molecular formula is C13H25N3O3. The lowest BCUT2D eigenvalue weighted by atomic mass is 10.0. The van der Waals surface area contributed by atoms with Gasteiger partial charge in [-0.1, -0.05) is 13.8 Å². The zero-order chi connectivity index (χ0) is 14.6. The number of amides is 2. The fraction of sp³-hybridized carbons (Fsp3) is 0.846. The van der Waals surface area contributed by atoms with Crippen LogP contribution in [0.25, 0.3) is 0 Å². The molecule has 0 aliphatic carbocycles. The van der Waals surface area contributed by atoms with Crippen molar-refractivity contribution in [2.45, 2.75) is 45.4 Å². The Morgan fingerprint density at radius 2 is 2.05 bits per heavy atom. The molecule has 0 unspecified atom stereocenters. The van der Waals surface area contributed by atoms with Gasteiger partial charge >= 0.3 is 0 Å². The second-order valence-electron chi connectivity index (χ2n) is 5.30. The van der Waals surface area contributed by atoms with Crippen LogP contribution in [-0.4, -0.2) is 60.1 Å². The standard InChI is InChI=1S/C13H25N3O3/c1-5-15-12(18)10-6-9(17)7-16(10)13(19)11(14-4)8(2)3/h8-11,14,17H,5-7H2,1-4H3,(H,15,18)/t9-,10+,11+/m1/s1. The van der Waals surface area contributed by atoms with Gasteiger partial charge in [0, 0.05) is 19.5 Å². The van der Waals surface area contributed by atoms with Crippen molar-refractivity contribution >= 4 is 11.8 Å². The van der Waals surface area contributed by atoms with Crippen LogP contribution in [0.4, 0.5) is 0 Å². The van der Waals surface area contributed by atoms with E-state index in [0.29, 0.717) is 13.0 Å². The first-order valence-electron chi connectivity index (χ1n) is 6.85. The largest absolute Gasteiger partial charge is 0.391 e. The van der Waals surface area contributed by atoms with E-state index in [1.807, 2.05) is 20.8 Å². The van der Waals surface area contributed by atoms with E-state index in [2.05, 4.69) is 10.6 Å². The van der Waals surface area contributed by atoms with Gasteiger partial charge in [0.25, 0.3) is 0 Å². The van der Waals surface area contributed by atoms with Gasteiger partial charge in [-0.2, -0.15) is 0 Å². The number of likely N-dealkylation sites (N-methyl/N-ethyl adjacent to an activating group) is 2. The van der Waals surface area contributed by atoms with Crippen molar-refractivity contribution in [3.8, 4) is 0 Å². The molecular weight excluding hydrogens is 246 g/mol. The Labute approximate surface area is 114 Å². The summed E-state index contributed by atoms with van der Waals surface area (Å²) in [5.41, 5.74) is 0. The second kappa shape index (κ2) is 6.86. The number of aliphatic hydroxyl groups excluding tert-OH is 1. The van der Waals surface area contributed by atoms with Crippen LogP contribution in [0.2, 0.25) is 0 Å². The first-order valence-corrected chi connectivity index (χ1v) is 6.85. The Kier molecular flexibility index (Phi) is 5.75. The maximum absolute atomic E-state index is 12.5. The Balaban J connectivity index is 2.83. The smallest absolute Gasteiger partial charge is 0.242 e. The van der Waals surface area contributed by atoms with Gasteiger partial charge in [-0.25, -0.2) is 0 Å². The third-order valence-corrected chi connectivity index (χ3v) is 3.46. The van der Waals surface area contributed by atoms with Gasteiger partial charge in [0.1, 0.15) is 6.04 Å². The lowest BCUT2D eigenvalue weighted by Gasteiger charge is -2.29. The Hall–Kier alpha value is -1.14. The minimum absolute atomic E-state index is 0.120. The average molecular weight is 271 g/mol. The van der Waals surface area contributed by atoms with Gasteiger partial charge in [0.05, 0.1) is 12.1 Å². The minimum Gasteiger partial charge on any atom is -0.391 e. The normalized spacial score (nSPS) is 24.6. The van der Waals surface area contributed by atoms with Crippen molar-refractivity contribution in [3.05, 3.63) is 0 Å². The van der Waals surface area contributed by atoms with Crippen molar-refractivity contribution in [1.82, 2.24) is 15.5 Å². The summed E-state index contributed by atoms with van der Waals surface area (Å²) in [6, 6.07) is -0.890. The molecule has 6 heteroatoms. The number of hydrogen-bond donors (Lipinski definition) is 3. The molecule has 1 aliphatic rings. The van der Waals surface area contributed by atoms with Crippen LogP contribution in [0.5, 0.6) is 0 Å². The van der Waals surface area contributed by atoms with Gasteiger partial charge in [-0.15, -0.1) is 0 Å². The molecule has 19 heavy (non-hydrogen) atoms. The zero-order valence-corrected chi connectivity index (χ0v) is 12.1. The summed E-state index contributed by atoms with van der Waals surface area (Å²) < 4.78 is 0. The summed E-state index contributed by atoms with van der Waals surface area (Å²) >= 11 is 0. The number of likely N-dealkylation sites (tertiary alicyclic amines) is 1. The summed E-state index contributed by atoms with van der Waals surface area (Å²) in [5, 5.41) is 15.4. The van der Waals surface area contributed by atoms with Crippen LogP contribution in [0.15, 0.2) is 0 Å². The molecule has 110 valence electrons. The van der Waals surface area contributed by atoms with Crippen molar-refractivity contribution in [1.29, 1.82) is 0 Å². The Morgan fingerprint density at radius 3 is 2.53 bits per heavy atom. The highest BCUT2D eigenvalue weighted by Crippen LogP contribution is 2.20. The van der Waals surface area contributed by atoms with Crippen LogP contribution in [0.3, 0.4) is 0 Å². The summed E-state index contributed by atoms with van der Waals surface area (Å²) in [6.45, 7) is 6.48. The van der Waals surface area contributed by atoms with Crippen LogP contribution in [0.1, 0.15) is 27.2 Å². The highest BCUT2D eigenvalue weighted by atomic mass is 16.3. The zero-order valence-electron chi connectivity index (χ0n) is 12.1. The minimum atomic E-state index is -0.624.